The van der Waals surface area contributed by atoms with Crippen LogP contribution in [-0.2, 0) is 0 Å². The van der Waals surface area contributed by atoms with Gasteiger partial charge in [-0.1, -0.05) is 34.1 Å². The van der Waals surface area contributed by atoms with Crippen LogP contribution in [0.1, 0.15) is 15.9 Å². The van der Waals surface area contributed by atoms with Gasteiger partial charge in [0.25, 0.3) is 5.91 Å². The number of hydrogen-bond donors (Lipinski definition) is 1. The predicted molar refractivity (Wildman–Crippen MR) is 112 cm³/mol. The summed E-state index contributed by atoms with van der Waals surface area (Å²) in [7, 11) is 1.54. The van der Waals surface area contributed by atoms with Crippen LogP contribution in [0.3, 0.4) is 0 Å². The van der Waals surface area contributed by atoms with E-state index in [1.807, 2.05) is 55.5 Å². The first-order valence-electron chi connectivity index (χ1n) is 8.63. The number of ether oxygens (including phenoxy) is 1. The minimum Gasteiger partial charge on any atom is -0.496 e. The lowest BCUT2D eigenvalue weighted by molar-refractivity contribution is 0.102. The van der Waals surface area contributed by atoms with Crippen LogP contribution in [0.15, 0.2) is 65.1 Å². The van der Waals surface area contributed by atoms with Gasteiger partial charge in [0.2, 0.25) is 0 Å². The molecule has 3 aromatic carbocycles. The number of carbonyl (C=O) groups excluding carboxylic acids is 1. The quantitative estimate of drug-likeness (QED) is 0.500. The number of aryl methyl sites for hydroxylation is 1. The standard InChI is InChI=1S/C21H17BrN4O2/c1-13-10-18-19(25-26(24-18)15-6-4-3-5-7-15)12-17(13)23-21(27)16-11-14(22)8-9-20(16)28-2/h3-12H,1-2H3,(H,23,27). The van der Waals surface area contributed by atoms with Gasteiger partial charge in [-0.2, -0.15) is 4.80 Å². The van der Waals surface area contributed by atoms with Crippen LogP contribution in [0.25, 0.3) is 16.7 Å². The molecule has 1 amide bonds. The molecule has 1 heterocycles. The van der Waals surface area contributed by atoms with Gasteiger partial charge in [0.15, 0.2) is 0 Å². The Morgan fingerprint density at radius 3 is 2.46 bits per heavy atom. The van der Waals surface area contributed by atoms with Crippen LogP contribution in [-0.4, -0.2) is 28.0 Å². The monoisotopic (exact) mass is 436 g/mol. The number of anilines is 1. The summed E-state index contributed by atoms with van der Waals surface area (Å²) in [4.78, 5) is 14.4. The first-order chi connectivity index (χ1) is 13.5. The Morgan fingerprint density at radius 2 is 1.75 bits per heavy atom. The van der Waals surface area contributed by atoms with Crippen LogP contribution in [0.5, 0.6) is 5.75 Å². The van der Waals surface area contributed by atoms with Crippen molar-refractivity contribution in [2.24, 2.45) is 0 Å². The van der Waals surface area contributed by atoms with E-state index in [2.05, 4.69) is 31.4 Å². The molecule has 28 heavy (non-hydrogen) atoms. The molecule has 7 heteroatoms. The molecule has 0 aliphatic heterocycles. The number of rotatable bonds is 4. The molecule has 6 nitrogen and oxygen atoms in total. The maximum atomic E-state index is 12.8. The third-order valence-corrected chi connectivity index (χ3v) is 4.86. The number of nitrogens with zero attached hydrogens (tertiary/aromatic N) is 3. The molecule has 4 rings (SSSR count). The van der Waals surface area contributed by atoms with E-state index in [9.17, 15) is 4.79 Å². The lowest BCUT2D eigenvalue weighted by Crippen LogP contribution is -2.14. The molecule has 0 saturated heterocycles. The number of carbonyl (C=O) groups is 1. The largest absolute Gasteiger partial charge is 0.496 e. The molecule has 0 radical (unpaired) electrons. The lowest BCUT2D eigenvalue weighted by Gasteiger charge is -2.11. The van der Waals surface area contributed by atoms with Gasteiger partial charge in [-0.05, 0) is 55.0 Å². The first kappa shape index (κ1) is 18.2. The van der Waals surface area contributed by atoms with Crippen LogP contribution < -0.4 is 10.1 Å². The number of nitrogens with one attached hydrogen (secondary N) is 1. The average Bonchev–Trinajstić information content (AvgIpc) is 3.11. The minimum atomic E-state index is -0.254. The normalized spacial score (nSPS) is 10.8. The summed E-state index contributed by atoms with van der Waals surface area (Å²) >= 11 is 3.39. The Kier molecular flexibility index (Phi) is 4.83. The van der Waals surface area contributed by atoms with Gasteiger partial charge in [0.1, 0.15) is 16.8 Å². The Morgan fingerprint density at radius 1 is 1.04 bits per heavy atom. The maximum Gasteiger partial charge on any atom is 0.259 e. The molecule has 0 atom stereocenters. The van der Waals surface area contributed by atoms with Crippen molar-refractivity contribution in [3.8, 4) is 11.4 Å². The van der Waals surface area contributed by atoms with Gasteiger partial charge in [-0.3, -0.25) is 4.79 Å². The highest BCUT2D eigenvalue weighted by Crippen LogP contribution is 2.26. The molecule has 0 saturated carbocycles. The fourth-order valence-corrected chi connectivity index (χ4v) is 3.29. The molecule has 4 aromatic rings. The van der Waals surface area contributed by atoms with E-state index < -0.39 is 0 Å². The number of benzene rings is 3. The van der Waals surface area contributed by atoms with E-state index in [-0.39, 0.29) is 5.91 Å². The highest BCUT2D eigenvalue weighted by Gasteiger charge is 2.15. The predicted octanol–water partition coefficient (Wildman–Crippen LogP) is 4.75. The van der Waals surface area contributed by atoms with E-state index in [1.54, 1.807) is 24.0 Å². The van der Waals surface area contributed by atoms with Crippen molar-refractivity contribution in [1.82, 2.24) is 15.0 Å². The lowest BCUT2D eigenvalue weighted by atomic mass is 10.1. The molecule has 0 spiro atoms. The number of fused-ring (bicyclic) bond motifs is 1. The number of halogens is 1. The summed E-state index contributed by atoms with van der Waals surface area (Å²) in [6, 6.07) is 18.7. The van der Waals surface area contributed by atoms with Gasteiger partial charge < -0.3 is 10.1 Å². The summed E-state index contributed by atoms with van der Waals surface area (Å²) in [5.41, 5.74) is 4.37. The van der Waals surface area contributed by atoms with Crippen molar-refractivity contribution >= 4 is 38.6 Å². The Hall–Kier alpha value is -3.19. The van der Waals surface area contributed by atoms with Crippen LogP contribution >= 0.6 is 15.9 Å². The van der Waals surface area contributed by atoms with E-state index in [0.29, 0.717) is 22.5 Å². The Balaban J connectivity index is 1.68. The average molecular weight is 437 g/mol. The van der Waals surface area contributed by atoms with E-state index in [0.717, 1.165) is 21.2 Å². The van der Waals surface area contributed by atoms with Gasteiger partial charge in [-0.25, -0.2) is 0 Å². The highest BCUT2D eigenvalue weighted by molar-refractivity contribution is 9.10. The van der Waals surface area contributed by atoms with Crippen molar-refractivity contribution in [2.45, 2.75) is 6.92 Å². The zero-order chi connectivity index (χ0) is 19.7. The molecule has 1 aromatic heterocycles. The number of amides is 1. The van der Waals surface area contributed by atoms with E-state index in [4.69, 9.17) is 4.74 Å². The van der Waals surface area contributed by atoms with Gasteiger partial charge in [0.05, 0.1) is 18.4 Å². The Bertz CT molecular complexity index is 1170. The summed E-state index contributed by atoms with van der Waals surface area (Å²) in [6.45, 7) is 1.93. The molecule has 1 N–H and O–H groups in total. The number of aromatic nitrogens is 3. The smallest absolute Gasteiger partial charge is 0.259 e. The first-order valence-corrected chi connectivity index (χ1v) is 9.42. The third-order valence-electron chi connectivity index (χ3n) is 4.37. The molecular weight excluding hydrogens is 420 g/mol. The van der Waals surface area contributed by atoms with E-state index >= 15 is 0 Å². The number of hydrogen-bond acceptors (Lipinski definition) is 4. The zero-order valence-corrected chi connectivity index (χ0v) is 16.9. The summed E-state index contributed by atoms with van der Waals surface area (Å²) in [6.07, 6.45) is 0. The van der Waals surface area contributed by atoms with Crippen molar-refractivity contribution in [2.75, 3.05) is 12.4 Å². The zero-order valence-electron chi connectivity index (χ0n) is 15.3. The minimum absolute atomic E-state index is 0.254. The second-order valence-corrected chi connectivity index (χ2v) is 7.20. The summed E-state index contributed by atoms with van der Waals surface area (Å²) < 4.78 is 6.11. The molecule has 0 bridgehead atoms. The second kappa shape index (κ2) is 7.44. The summed E-state index contributed by atoms with van der Waals surface area (Å²) in [5, 5.41) is 12.0. The Labute approximate surface area is 170 Å². The fraction of sp³-hybridized carbons (Fsp3) is 0.0952. The van der Waals surface area contributed by atoms with Crippen molar-refractivity contribution in [3.63, 3.8) is 0 Å². The molecule has 0 aliphatic rings. The fourth-order valence-electron chi connectivity index (χ4n) is 2.93. The molecule has 0 fully saturated rings. The molecule has 0 unspecified atom stereocenters. The van der Waals surface area contributed by atoms with Crippen molar-refractivity contribution in [3.05, 3.63) is 76.3 Å². The van der Waals surface area contributed by atoms with E-state index in [1.165, 1.54) is 0 Å². The topological polar surface area (TPSA) is 69.0 Å². The third kappa shape index (κ3) is 3.48. The second-order valence-electron chi connectivity index (χ2n) is 6.28. The number of methoxy groups -OCH3 is 1. The SMILES string of the molecule is COc1ccc(Br)cc1C(=O)Nc1cc2nn(-c3ccccc3)nc2cc1C. The maximum absolute atomic E-state index is 12.8. The van der Waals surface area contributed by atoms with Gasteiger partial charge in [-0.15, -0.1) is 10.2 Å². The summed E-state index contributed by atoms with van der Waals surface area (Å²) in [5.74, 6) is 0.255. The molecule has 140 valence electrons. The van der Waals surface area contributed by atoms with Crippen LogP contribution in [0.4, 0.5) is 5.69 Å². The molecular formula is C21H17BrN4O2. The van der Waals surface area contributed by atoms with Gasteiger partial charge >= 0.3 is 0 Å². The highest BCUT2D eigenvalue weighted by atomic mass is 79.9. The number of para-hydroxylation sites is 1. The van der Waals surface area contributed by atoms with Gasteiger partial charge in [0, 0.05) is 10.2 Å². The molecule has 0 aliphatic carbocycles. The van der Waals surface area contributed by atoms with Crippen LogP contribution in [0, 0.1) is 6.92 Å². The van der Waals surface area contributed by atoms with Crippen molar-refractivity contribution < 1.29 is 9.53 Å². The van der Waals surface area contributed by atoms with Crippen molar-refractivity contribution in [1.29, 1.82) is 0 Å². The van der Waals surface area contributed by atoms with Crippen LogP contribution in [0.2, 0.25) is 0 Å².